The SMILES string of the molecule is COCC(O)CNS(=O)(=O)c1ccc(Cl)c(C(F)(F)F)c1. The van der Waals surface area contributed by atoms with Gasteiger partial charge in [0.05, 0.1) is 28.2 Å². The minimum Gasteiger partial charge on any atom is -0.389 e. The predicted molar refractivity (Wildman–Crippen MR) is 69.5 cm³/mol. The van der Waals surface area contributed by atoms with E-state index in [0.717, 1.165) is 12.1 Å². The summed E-state index contributed by atoms with van der Waals surface area (Å²) in [6.45, 7) is -0.503. The van der Waals surface area contributed by atoms with Crippen molar-refractivity contribution in [2.45, 2.75) is 17.2 Å². The monoisotopic (exact) mass is 347 g/mol. The van der Waals surface area contributed by atoms with Gasteiger partial charge in [-0.1, -0.05) is 11.6 Å². The van der Waals surface area contributed by atoms with E-state index < -0.39 is 37.8 Å². The van der Waals surface area contributed by atoms with E-state index in [1.807, 2.05) is 4.72 Å². The fraction of sp³-hybridized carbons (Fsp3) is 0.455. The van der Waals surface area contributed by atoms with Gasteiger partial charge in [0, 0.05) is 13.7 Å². The van der Waals surface area contributed by atoms with Crippen LogP contribution in [0.3, 0.4) is 0 Å². The smallest absolute Gasteiger partial charge is 0.389 e. The average Bonchev–Trinajstić information content (AvgIpc) is 2.36. The van der Waals surface area contributed by atoms with E-state index in [1.54, 1.807) is 0 Å². The summed E-state index contributed by atoms with van der Waals surface area (Å²) in [5.41, 5.74) is -1.25. The molecule has 1 aromatic rings. The number of hydrogen-bond donors (Lipinski definition) is 2. The third-order valence-corrected chi connectivity index (χ3v) is 4.17. The molecule has 0 aliphatic carbocycles. The van der Waals surface area contributed by atoms with Crippen molar-refractivity contribution in [1.29, 1.82) is 0 Å². The highest BCUT2D eigenvalue weighted by Crippen LogP contribution is 2.35. The van der Waals surface area contributed by atoms with Crippen molar-refractivity contribution >= 4 is 21.6 Å². The molecular weight excluding hydrogens is 335 g/mol. The summed E-state index contributed by atoms with van der Waals surface area (Å²) >= 11 is 5.41. The summed E-state index contributed by atoms with van der Waals surface area (Å²) in [5.74, 6) is 0. The van der Waals surface area contributed by atoms with Gasteiger partial charge in [-0.2, -0.15) is 13.2 Å². The standard InChI is InChI=1S/C11H13ClF3NO4S/c1-20-6-7(17)5-16-21(18,19)8-2-3-10(12)9(4-8)11(13,14)15/h2-4,7,16-17H,5-6H2,1H3. The summed E-state index contributed by atoms with van der Waals surface area (Å²) in [6.07, 6.45) is -5.88. The average molecular weight is 348 g/mol. The van der Waals surface area contributed by atoms with Crippen LogP contribution in [0.25, 0.3) is 0 Å². The second-order valence-electron chi connectivity index (χ2n) is 4.10. The van der Waals surface area contributed by atoms with Crippen LogP contribution in [0, 0.1) is 0 Å². The zero-order valence-corrected chi connectivity index (χ0v) is 12.4. The van der Waals surface area contributed by atoms with E-state index in [1.165, 1.54) is 7.11 Å². The van der Waals surface area contributed by atoms with E-state index in [0.29, 0.717) is 6.07 Å². The van der Waals surface area contributed by atoms with E-state index in [4.69, 9.17) is 11.6 Å². The minimum atomic E-state index is -4.77. The summed E-state index contributed by atoms with van der Waals surface area (Å²) in [7, 11) is -2.89. The minimum absolute atomic E-state index is 0.114. The maximum absolute atomic E-state index is 12.7. The maximum atomic E-state index is 12.7. The van der Waals surface area contributed by atoms with Crippen LogP contribution in [0.15, 0.2) is 23.1 Å². The number of hydrogen-bond acceptors (Lipinski definition) is 4. The molecule has 0 saturated carbocycles. The molecule has 2 N–H and O–H groups in total. The van der Waals surface area contributed by atoms with Crippen LogP contribution in [-0.4, -0.2) is 39.9 Å². The lowest BCUT2D eigenvalue weighted by molar-refractivity contribution is -0.137. The number of aliphatic hydroxyl groups excluding tert-OH is 1. The van der Waals surface area contributed by atoms with Crippen LogP contribution in [0.4, 0.5) is 13.2 Å². The van der Waals surface area contributed by atoms with Crippen LogP contribution in [0.1, 0.15) is 5.56 Å². The zero-order valence-electron chi connectivity index (χ0n) is 10.8. The Labute approximate surface area is 124 Å². The summed E-state index contributed by atoms with van der Waals surface area (Å²) in [5, 5.41) is 8.74. The fourth-order valence-corrected chi connectivity index (χ4v) is 2.75. The molecule has 1 unspecified atom stereocenters. The molecule has 0 bridgehead atoms. The molecule has 120 valence electrons. The highest BCUT2D eigenvalue weighted by Gasteiger charge is 2.34. The van der Waals surface area contributed by atoms with Crippen molar-refractivity contribution in [2.24, 2.45) is 0 Å². The first-order chi connectivity index (χ1) is 9.58. The van der Waals surface area contributed by atoms with Crippen LogP contribution in [0.2, 0.25) is 5.02 Å². The van der Waals surface area contributed by atoms with Gasteiger partial charge in [0.25, 0.3) is 0 Å². The molecule has 5 nitrogen and oxygen atoms in total. The number of alkyl halides is 3. The van der Waals surface area contributed by atoms with E-state index in [2.05, 4.69) is 4.74 Å². The van der Waals surface area contributed by atoms with Gasteiger partial charge < -0.3 is 9.84 Å². The van der Waals surface area contributed by atoms with Gasteiger partial charge in [-0.25, -0.2) is 13.1 Å². The molecule has 0 heterocycles. The molecule has 1 atom stereocenters. The lowest BCUT2D eigenvalue weighted by atomic mass is 10.2. The van der Waals surface area contributed by atoms with Crippen LogP contribution in [-0.2, 0) is 20.9 Å². The Bertz CT molecular complexity index is 592. The highest BCUT2D eigenvalue weighted by molar-refractivity contribution is 7.89. The number of aliphatic hydroxyl groups is 1. The number of benzene rings is 1. The molecule has 10 heteroatoms. The first kappa shape index (κ1) is 18.2. The lowest BCUT2D eigenvalue weighted by Gasteiger charge is -2.13. The Morgan fingerprint density at radius 1 is 1.43 bits per heavy atom. The molecule has 1 rings (SSSR count). The van der Waals surface area contributed by atoms with E-state index in [-0.39, 0.29) is 13.2 Å². The molecule has 21 heavy (non-hydrogen) atoms. The Balaban J connectivity index is 2.99. The summed E-state index contributed by atoms with van der Waals surface area (Å²) in [4.78, 5) is -0.594. The Kier molecular flexibility index (Phi) is 6.00. The Morgan fingerprint density at radius 3 is 2.57 bits per heavy atom. The van der Waals surface area contributed by atoms with Crippen molar-refractivity contribution in [1.82, 2.24) is 4.72 Å². The maximum Gasteiger partial charge on any atom is 0.417 e. The number of nitrogens with one attached hydrogen (secondary N) is 1. The van der Waals surface area contributed by atoms with E-state index >= 15 is 0 Å². The molecule has 0 aliphatic rings. The normalized spacial score (nSPS) is 14.2. The largest absolute Gasteiger partial charge is 0.417 e. The Hall–Kier alpha value is -0.870. The second-order valence-corrected chi connectivity index (χ2v) is 6.27. The number of sulfonamides is 1. The van der Waals surface area contributed by atoms with Crippen molar-refractivity contribution in [3.8, 4) is 0 Å². The Morgan fingerprint density at radius 2 is 2.05 bits per heavy atom. The number of ether oxygens (including phenoxy) is 1. The second kappa shape index (κ2) is 6.93. The van der Waals surface area contributed by atoms with E-state index in [9.17, 15) is 26.7 Å². The van der Waals surface area contributed by atoms with Crippen LogP contribution < -0.4 is 4.72 Å². The van der Waals surface area contributed by atoms with Crippen molar-refractivity contribution in [3.05, 3.63) is 28.8 Å². The number of methoxy groups -OCH3 is 1. The van der Waals surface area contributed by atoms with Crippen LogP contribution in [0.5, 0.6) is 0 Å². The lowest BCUT2D eigenvalue weighted by Crippen LogP contribution is -2.34. The van der Waals surface area contributed by atoms with Crippen molar-refractivity contribution in [3.63, 3.8) is 0 Å². The van der Waals surface area contributed by atoms with Crippen molar-refractivity contribution < 1.29 is 31.4 Å². The molecule has 0 amide bonds. The zero-order chi connectivity index (χ0) is 16.3. The summed E-state index contributed by atoms with van der Waals surface area (Å²) in [6, 6.07) is 2.24. The topological polar surface area (TPSA) is 75.6 Å². The van der Waals surface area contributed by atoms with Gasteiger partial charge in [0.2, 0.25) is 10.0 Å². The fourth-order valence-electron chi connectivity index (χ4n) is 1.43. The first-order valence-corrected chi connectivity index (χ1v) is 7.47. The molecule has 0 radical (unpaired) electrons. The summed E-state index contributed by atoms with van der Waals surface area (Å²) < 4.78 is 68.3. The molecule has 1 aromatic carbocycles. The molecule has 0 fully saturated rings. The van der Waals surface area contributed by atoms with Gasteiger partial charge in [0.1, 0.15) is 0 Å². The molecular formula is C11H13ClF3NO4S. The van der Waals surface area contributed by atoms with Gasteiger partial charge in [-0.15, -0.1) is 0 Å². The van der Waals surface area contributed by atoms with Gasteiger partial charge in [0.15, 0.2) is 0 Å². The number of halogens is 4. The third-order valence-electron chi connectivity index (χ3n) is 2.42. The van der Waals surface area contributed by atoms with Crippen LogP contribution >= 0.6 is 11.6 Å². The van der Waals surface area contributed by atoms with Gasteiger partial charge in [-0.3, -0.25) is 0 Å². The highest BCUT2D eigenvalue weighted by atomic mass is 35.5. The molecule has 0 aliphatic heterocycles. The first-order valence-electron chi connectivity index (χ1n) is 5.61. The molecule has 0 saturated heterocycles. The quantitative estimate of drug-likeness (QED) is 0.820. The number of rotatable bonds is 6. The molecule has 0 spiro atoms. The predicted octanol–water partition coefficient (Wildman–Crippen LogP) is 1.64. The molecule has 0 aromatic heterocycles. The third kappa shape index (κ3) is 5.11. The van der Waals surface area contributed by atoms with Gasteiger partial charge in [-0.05, 0) is 18.2 Å². The van der Waals surface area contributed by atoms with Crippen molar-refractivity contribution in [2.75, 3.05) is 20.3 Å². The van der Waals surface area contributed by atoms with Gasteiger partial charge >= 0.3 is 6.18 Å².